The van der Waals surface area contributed by atoms with Crippen LogP contribution in [0.1, 0.15) is 31.7 Å². The van der Waals surface area contributed by atoms with E-state index in [0.29, 0.717) is 22.6 Å². The van der Waals surface area contributed by atoms with E-state index >= 15 is 0 Å². The van der Waals surface area contributed by atoms with E-state index in [1.165, 1.54) is 23.8 Å². The molecule has 0 bridgehead atoms. The van der Waals surface area contributed by atoms with E-state index in [0.717, 1.165) is 5.69 Å². The van der Waals surface area contributed by atoms with Gasteiger partial charge in [0, 0.05) is 35.3 Å². The Morgan fingerprint density at radius 2 is 1.93 bits per heavy atom. The Hall–Kier alpha value is -2.74. The summed E-state index contributed by atoms with van der Waals surface area (Å²) >= 11 is 3.23. The molecule has 1 atom stereocenters. The number of rotatable bonds is 5. The fourth-order valence-corrected chi connectivity index (χ4v) is 3.59. The molecule has 1 aliphatic rings. The van der Waals surface area contributed by atoms with Crippen molar-refractivity contribution in [1.82, 2.24) is 0 Å². The first-order valence-corrected chi connectivity index (χ1v) is 9.70. The summed E-state index contributed by atoms with van der Waals surface area (Å²) in [7, 11) is 0. The van der Waals surface area contributed by atoms with Gasteiger partial charge in [-0.2, -0.15) is 0 Å². The molecule has 8 heteroatoms. The van der Waals surface area contributed by atoms with E-state index in [4.69, 9.17) is 0 Å². The second-order valence-electron chi connectivity index (χ2n) is 7.06. The van der Waals surface area contributed by atoms with Crippen LogP contribution < -0.4 is 10.2 Å². The molecule has 1 heterocycles. The standard InChI is InChI=1S/C20H20BrN3O4/c1-12(2)13-3-5-15(6-4-13)23-11-14(9-19(23)25)20(26)22-18-8-7-16(24(27)28)10-17(18)21/h3-8,10,12,14H,9,11H2,1-2H3,(H,22,26)/t14-/m1/s1. The quantitative estimate of drug-likeness (QED) is 0.542. The Morgan fingerprint density at radius 3 is 2.50 bits per heavy atom. The Kier molecular flexibility index (Phi) is 5.79. The molecule has 2 aromatic carbocycles. The molecule has 3 rings (SSSR count). The number of carbonyl (C=O) groups excluding carboxylic acids is 2. The van der Waals surface area contributed by atoms with Crippen LogP contribution in [0.4, 0.5) is 17.1 Å². The van der Waals surface area contributed by atoms with Crippen LogP contribution in [0.5, 0.6) is 0 Å². The van der Waals surface area contributed by atoms with Crippen molar-refractivity contribution in [3.63, 3.8) is 0 Å². The summed E-state index contributed by atoms with van der Waals surface area (Å²) in [5.74, 6) is -0.467. The average Bonchev–Trinajstić information content (AvgIpc) is 3.05. The number of nitro groups is 1. The number of carbonyl (C=O) groups is 2. The van der Waals surface area contributed by atoms with Gasteiger partial charge in [0.1, 0.15) is 0 Å². The maximum absolute atomic E-state index is 12.6. The molecule has 0 aliphatic carbocycles. The van der Waals surface area contributed by atoms with Crippen LogP contribution in [0.25, 0.3) is 0 Å². The van der Waals surface area contributed by atoms with Crippen LogP contribution in [-0.2, 0) is 9.59 Å². The van der Waals surface area contributed by atoms with Gasteiger partial charge in [0.15, 0.2) is 0 Å². The first kappa shape index (κ1) is 20.0. The Morgan fingerprint density at radius 1 is 1.25 bits per heavy atom. The van der Waals surface area contributed by atoms with Crippen molar-refractivity contribution in [2.45, 2.75) is 26.2 Å². The minimum atomic E-state index is -0.506. The summed E-state index contributed by atoms with van der Waals surface area (Å²) < 4.78 is 0.417. The molecule has 0 aromatic heterocycles. The van der Waals surface area contributed by atoms with Gasteiger partial charge in [0.2, 0.25) is 11.8 Å². The fourth-order valence-electron chi connectivity index (χ4n) is 3.13. The number of hydrogen-bond acceptors (Lipinski definition) is 4. The number of nitrogens with zero attached hydrogens (tertiary/aromatic N) is 2. The second-order valence-corrected chi connectivity index (χ2v) is 7.92. The van der Waals surface area contributed by atoms with Crippen molar-refractivity contribution in [1.29, 1.82) is 0 Å². The SMILES string of the molecule is CC(C)c1ccc(N2C[C@H](C(=O)Nc3ccc([N+](=O)[O-])cc3Br)CC2=O)cc1. The molecule has 0 saturated carbocycles. The first-order chi connectivity index (χ1) is 13.3. The summed E-state index contributed by atoms with van der Waals surface area (Å²) in [6.45, 7) is 4.51. The van der Waals surface area contributed by atoms with E-state index in [1.54, 1.807) is 4.90 Å². The first-order valence-electron chi connectivity index (χ1n) is 8.91. The van der Waals surface area contributed by atoms with E-state index in [1.807, 2.05) is 24.3 Å². The number of halogens is 1. The minimum absolute atomic E-state index is 0.0723. The summed E-state index contributed by atoms with van der Waals surface area (Å²) in [6, 6.07) is 11.9. The summed E-state index contributed by atoms with van der Waals surface area (Å²) in [5, 5.41) is 13.6. The zero-order valence-corrected chi connectivity index (χ0v) is 17.1. The van der Waals surface area contributed by atoms with Gasteiger partial charge in [0.05, 0.1) is 16.5 Å². The van der Waals surface area contributed by atoms with E-state index < -0.39 is 10.8 Å². The van der Waals surface area contributed by atoms with Crippen molar-refractivity contribution < 1.29 is 14.5 Å². The molecule has 146 valence electrons. The Bertz CT molecular complexity index is 928. The van der Waals surface area contributed by atoms with Crippen LogP contribution >= 0.6 is 15.9 Å². The maximum Gasteiger partial charge on any atom is 0.270 e. The highest BCUT2D eigenvalue weighted by Crippen LogP contribution is 2.30. The lowest BCUT2D eigenvalue weighted by atomic mass is 10.0. The van der Waals surface area contributed by atoms with E-state index in [-0.39, 0.29) is 23.9 Å². The number of hydrogen-bond donors (Lipinski definition) is 1. The summed E-state index contributed by atoms with van der Waals surface area (Å²) in [5.41, 5.74) is 2.33. The molecule has 7 nitrogen and oxygen atoms in total. The van der Waals surface area contributed by atoms with Gasteiger partial charge >= 0.3 is 0 Å². The molecule has 0 spiro atoms. The highest BCUT2D eigenvalue weighted by Gasteiger charge is 2.35. The topological polar surface area (TPSA) is 92.6 Å². The normalized spacial score (nSPS) is 16.5. The number of amides is 2. The highest BCUT2D eigenvalue weighted by molar-refractivity contribution is 9.10. The van der Waals surface area contributed by atoms with Gasteiger partial charge in [-0.05, 0) is 45.6 Å². The summed E-state index contributed by atoms with van der Waals surface area (Å²) in [4.78, 5) is 37.0. The molecule has 2 aromatic rings. The fraction of sp³-hybridized carbons (Fsp3) is 0.300. The molecular formula is C20H20BrN3O4. The Balaban J connectivity index is 1.69. The van der Waals surface area contributed by atoms with Crippen LogP contribution in [-0.4, -0.2) is 23.3 Å². The molecule has 1 fully saturated rings. The maximum atomic E-state index is 12.6. The van der Waals surface area contributed by atoms with Crippen molar-refractivity contribution in [3.8, 4) is 0 Å². The molecule has 28 heavy (non-hydrogen) atoms. The molecule has 1 N–H and O–H groups in total. The smallest absolute Gasteiger partial charge is 0.270 e. The predicted octanol–water partition coefficient (Wildman–Crippen LogP) is 4.47. The number of anilines is 2. The molecule has 1 saturated heterocycles. The van der Waals surface area contributed by atoms with Crippen LogP contribution in [0.15, 0.2) is 46.9 Å². The molecule has 1 aliphatic heterocycles. The van der Waals surface area contributed by atoms with Gasteiger partial charge in [-0.25, -0.2) is 0 Å². The zero-order valence-electron chi connectivity index (χ0n) is 15.5. The minimum Gasteiger partial charge on any atom is -0.325 e. The number of non-ortho nitro benzene ring substituents is 1. The summed E-state index contributed by atoms with van der Waals surface area (Å²) in [6.07, 6.45) is 0.127. The van der Waals surface area contributed by atoms with Gasteiger partial charge < -0.3 is 10.2 Å². The van der Waals surface area contributed by atoms with Crippen LogP contribution in [0.2, 0.25) is 0 Å². The third-order valence-corrected chi connectivity index (χ3v) is 5.44. The van der Waals surface area contributed by atoms with Crippen molar-refractivity contribution in [2.75, 3.05) is 16.8 Å². The van der Waals surface area contributed by atoms with E-state index in [2.05, 4.69) is 35.1 Å². The highest BCUT2D eigenvalue weighted by atomic mass is 79.9. The monoisotopic (exact) mass is 445 g/mol. The van der Waals surface area contributed by atoms with Crippen LogP contribution in [0.3, 0.4) is 0 Å². The number of nitro benzene ring substituents is 1. The lowest BCUT2D eigenvalue weighted by Gasteiger charge is -2.18. The average molecular weight is 446 g/mol. The van der Waals surface area contributed by atoms with Gasteiger partial charge in [-0.1, -0.05) is 26.0 Å². The molecular weight excluding hydrogens is 426 g/mol. The van der Waals surface area contributed by atoms with Crippen molar-refractivity contribution in [2.24, 2.45) is 5.92 Å². The third kappa shape index (κ3) is 4.22. The van der Waals surface area contributed by atoms with Crippen molar-refractivity contribution >= 4 is 44.8 Å². The second kappa shape index (κ2) is 8.10. The van der Waals surface area contributed by atoms with Gasteiger partial charge in [-0.15, -0.1) is 0 Å². The third-order valence-electron chi connectivity index (χ3n) is 4.79. The van der Waals surface area contributed by atoms with E-state index in [9.17, 15) is 19.7 Å². The Labute approximate surface area is 171 Å². The predicted molar refractivity (Wildman–Crippen MR) is 110 cm³/mol. The molecule has 2 amide bonds. The molecule has 0 unspecified atom stereocenters. The zero-order chi connectivity index (χ0) is 20.4. The number of nitrogens with one attached hydrogen (secondary N) is 1. The van der Waals surface area contributed by atoms with Crippen LogP contribution in [0, 0.1) is 16.0 Å². The number of benzene rings is 2. The lowest BCUT2D eigenvalue weighted by Crippen LogP contribution is -2.28. The molecule has 0 radical (unpaired) electrons. The van der Waals surface area contributed by atoms with Gasteiger partial charge in [0.25, 0.3) is 5.69 Å². The van der Waals surface area contributed by atoms with Gasteiger partial charge in [-0.3, -0.25) is 19.7 Å². The largest absolute Gasteiger partial charge is 0.325 e. The van der Waals surface area contributed by atoms with Crippen molar-refractivity contribution in [3.05, 3.63) is 62.6 Å². The lowest BCUT2D eigenvalue weighted by molar-refractivity contribution is -0.384.